The zero-order chi connectivity index (χ0) is 13.6. The first-order chi connectivity index (χ1) is 9.06. The molecule has 0 aromatic heterocycles. The topological polar surface area (TPSA) is 44.5 Å². The largest absolute Gasteiger partial charge is 0.493 e. The van der Waals surface area contributed by atoms with Crippen LogP contribution in [0.4, 0.5) is 4.39 Å². The van der Waals surface area contributed by atoms with E-state index in [9.17, 15) is 4.39 Å². The Bertz CT molecular complexity index is 493. The Morgan fingerprint density at radius 2 is 2.05 bits per heavy atom. The van der Waals surface area contributed by atoms with Gasteiger partial charge in [0.2, 0.25) is 0 Å². The first-order valence-corrected chi connectivity index (χ1v) is 6.87. The minimum Gasteiger partial charge on any atom is -0.493 e. The smallest absolute Gasteiger partial charge is 0.165 e. The van der Waals surface area contributed by atoms with E-state index in [0.717, 1.165) is 31.2 Å². The molecule has 0 aliphatic heterocycles. The molecule has 0 spiro atoms. The first kappa shape index (κ1) is 12.7. The Hall–Kier alpha value is -1.29. The van der Waals surface area contributed by atoms with Gasteiger partial charge in [0.05, 0.1) is 13.2 Å². The molecule has 0 heterocycles. The van der Waals surface area contributed by atoms with E-state index in [1.807, 2.05) is 6.92 Å². The van der Waals surface area contributed by atoms with Crippen LogP contribution in [0.15, 0.2) is 12.1 Å². The summed E-state index contributed by atoms with van der Waals surface area (Å²) in [6.45, 7) is 1.98. The van der Waals surface area contributed by atoms with E-state index in [1.54, 1.807) is 13.2 Å². The molecule has 2 saturated carbocycles. The van der Waals surface area contributed by atoms with Gasteiger partial charge in [0.15, 0.2) is 11.5 Å². The average Bonchev–Trinajstić information content (AvgIpc) is 3.25. The fraction of sp³-hybridized carbons (Fsp3) is 0.600. The Balaban J connectivity index is 2.07. The van der Waals surface area contributed by atoms with Crippen molar-refractivity contribution in [1.82, 2.24) is 0 Å². The second kappa shape index (κ2) is 4.37. The number of halogens is 1. The van der Waals surface area contributed by atoms with Gasteiger partial charge in [-0.2, -0.15) is 0 Å². The normalized spacial score (nSPS) is 21.9. The summed E-state index contributed by atoms with van der Waals surface area (Å²) in [5.74, 6) is 0.886. The molecule has 0 amide bonds. The molecule has 3 rings (SSSR count). The summed E-state index contributed by atoms with van der Waals surface area (Å²) < 4.78 is 25.0. The molecule has 1 unspecified atom stereocenters. The molecule has 0 radical (unpaired) electrons. The van der Waals surface area contributed by atoms with Crippen LogP contribution in [-0.4, -0.2) is 19.3 Å². The van der Waals surface area contributed by atoms with Crippen molar-refractivity contribution in [2.24, 2.45) is 5.73 Å². The summed E-state index contributed by atoms with van der Waals surface area (Å²) in [7, 11) is 1.55. The maximum absolute atomic E-state index is 13.8. The van der Waals surface area contributed by atoms with Crippen molar-refractivity contribution in [3.8, 4) is 11.5 Å². The van der Waals surface area contributed by atoms with E-state index in [0.29, 0.717) is 11.5 Å². The lowest BCUT2D eigenvalue weighted by Gasteiger charge is -2.24. The Morgan fingerprint density at radius 3 is 2.53 bits per heavy atom. The molecule has 4 heteroatoms. The molecule has 19 heavy (non-hydrogen) atoms. The van der Waals surface area contributed by atoms with E-state index >= 15 is 0 Å². The molecule has 2 fully saturated rings. The summed E-state index contributed by atoms with van der Waals surface area (Å²) in [6.07, 6.45) is 4.34. The van der Waals surface area contributed by atoms with Crippen LogP contribution < -0.4 is 15.2 Å². The molecular weight excluding hydrogens is 245 g/mol. The fourth-order valence-corrected chi connectivity index (χ4v) is 2.67. The molecule has 0 bridgehead atoms. The van der Waals surface area contributed by atoms with Crippen molar-refractivity contribution in [3.63, 3.8) is 0 Å². The summed E-state index contributed by atoms with van der Waals surface area (Å²) >= 11 is 0. The molecular formula is C15H20FNO2. The van der Waals surface area contributed by atoms with Crippen LogP contribution >= 0.6 is 0 Å². The number of ether oxygens (including phenoxy) is 2. The molecule has 104 valence electrons. The lowest BCUT2D eigenvalue weighted by atomic mass is 9.88. The minimum atomic E-state index is -0.290. The van der Waals surface area contributed by atoms with E-state index in [-0.39, 0.29) is 23.4 Å². The maximum Gasteiger partial charge on any atom is 0.165 e. The minimum absolute atomic E-state index is 0.0134. The van der Waals surface area contributed by atoms with Gasteiger partial charge in [-0.3, -0.25) is 0 Å². The van der Waals surface area contributed by atoms with Gasteiger partial charge in [-0.15, -0.1) is 0 Å². The second-order valence-electron chi connectivity index (χ2n) is 5.75. The fourth-order valence-electron chi connectivity index (χ4n) is 2.67. The number of hydrogen-bond donors (Lipinski definition) is 1. The number of rotatable bonds is 5. The van der Waals surface area contributed by atoms with Gasteiger partial charge >= 0.3 is 0 Å². The summed E-state index contributed by atoms with van der Waals surface area (Å²) in [4.78, 5) is 0. The second-order valence-corrected chi connectivity index (χ2v) is 5.75. The highest BCUT2D eigenvalue weighted by Gasteiger charge is 2.50. The zero-order valence-electron chi connectivity index (χ0n) is 11.4. The number of benzene rings is 1. The number of hydrogen-bond acceptors (Lipinski definition) is 3. The van der Waals surface area contributed by atoms with Crippen LogP contribution in [0.2, 0.25) is 0 Å². The van der Waals surface area contributed by atoms with Gasteiger partial charge in [-0.25, -0.2) is 4.39 Å². The summed E-state index contributed by atoms with van der Waals surface area (Å²) in [5, 5.41) is 0. The van der Waals surface area contributed by atoms with Crippen molar-refractivity contribution in [1.29, 1.82) is 0 Å². The third-order valence-electron chi connectivity index (χ3n) is 4.25. The predicted octanol–water partition coefficient (Wildman–Crippen LogP) is 2.75. The molecule has 1 atom stereocenters. The van der Waals surface area contributed by atoms with Crippen LogP contribution in [0.1, 0.15) is 38.2 Å². The highest BCUT2D eigenvalue weighted by atomic mass is 19.1. The Kier molecular flexibility index (Phi) is 2.93. The quantitative estimate of drug-likeness (QED) is 0.890. The van der Waals surface area contributed by atoms with Crippen LogP contribution in [0, 0.1) is 5.82 Å². The van der Waals surface area contributed by atoms with E-state index in [4.69, 9.17) is 15.2 Å². The van der Waals surface area contributed by atoms with Gasteiger partial charge in [-0.05, 0) is 38.7 Å². The molecule has 2 aliphatic rings. The van der Waals surface area contributed by atoms with E-state index < -0.39 is 0 Å². The van der Waals surface area contributed by atoms with Crippen molar-refractivity contribution in [2.45, 2.75) is 50.2 Å². The molecule has 1 aromatic carbocycles. The SMILES string of the molecule is COc1cc(F)cc(C2(C(C)N)CC2)c1OC1CC1. The zero-order valence-corrected chi connectivity index (χ0v) is 11.4. The van der Waals surface area contributed by atoms with Gasteiger partial charge < -0.3 is 15.2 Å². The number of nitrogens with two attached hydrogens (primary N) is 1. The Morgan fingerprint density at radius 1 is 1.37 bits per heavy atom. The van der Waals surface area contributed by atoms with E-state index in [2.05, 4.69) is 0 Å². The predicted molar refractivity (Wildman–Crippen MR) is 71.2 cm³/mol. The van der Waals surface area contributed by atoms with Gasteiger partial charge in [0, 0.05) is 23.1 Å². The molecule has 3 nitrogen and oxygen atoms in total. The summed E-state index contributed by atoms with van der Waals surface area (Å²) in [6, 6.07) is 2.94. The van der Waals surface area contributed by atoms with Gasteiger partial charge in [0.25, 0.3) is 0 Å². The molecule has 2 N–H and O–H groups in total. The van der Waals surface area contributed by atoms with Crippen LogP contribution in [0.5, 0.6) is 11.5 Å². The highest BCUT2D eigenvalue weighted by Crippen LogP contribution is 2.55. The standard InChI is InChI=1S/C15H20FNO2/c1-9(17)15(5-6-15)12-7-10(16)8-13(18-2)14(12)19-11-3-4-11/h7-9,11H,3-6,17H2,1-2H3. The molecule has 1 aromatic rings. The van der Waals surface area contributed by atoms with E-state index in [1.165, 1.54) is 6.07 Å². The van der Waals surface area contributed by atoms with Crippen LogP contribution in [-0.2, 0) is 5.41 Å². The maximum atomic E-state index is 13.8. The Labute approximate surface area is 112 Å². The lowest BCUT2D eigenvalue weighted by molar-refractivity contribution is 0.274. The van der Waals surface area contributed by atoms with Crippen molar-refractivity contribution in [3.05, 3.63) is 23.5 Å². The van der Waals surface area contributed by atoms with Crippen LogP contribution in [0.3, 0.4) is 0 Å². The van der Waals surface area contributed by atoms with Crippen LogP contribution in [0.25, 0.3) is 0 Å². The number of methoxy groups -OCH3 is 1. The van der Waals surface area contributed by atoms with Crippen molar-refractivity contribution >= 4 is 0 Å². The molecule has 0 saturated heterocycles. The van der Waals surface area contributed by atoms with Gasteiger partial charge in [-0.1, -0.05) is 0 Å². The highest BCUT2D eigenvalue weighted by molar-refractivity contribution is 5.53. The summed E-state index contributed by atoms with van der Waals surface area (Å²) in [5.41, 5.74) is 6.84. The average molecular weight is 265 g/mol. The van der Waals surface area contributed by atoms with Crippen molar-refractivity contribution in [2.75, 3.05) is 7.11 Å². The molecule has 2 aliphatic carbocycles. The lowest BCUT2D eigenvalue weighted by Crippen LogP contribution is -2.32. The monoisotopic (exact) mass is 265 g/mol. The third kappa shape index (κ3) is 2.18. The van der Waals surface area contributed by atoms with Gasteiger partial charge in [0.1, 0.15) is 5.82 Å². The first-order valence-electron chi connectivity index (χ1n) is 6.87. The third-order valence-corrected chi connectivity index (χ3v) is 4.25. The van der Waals surface area contributed by atoms with Crippen molar-refractivity contribution < 1.29 is 13.9 Å².